The zero-order valence-corrected chi connectivity index (χ0v) is 11.3. The molecule has 19 heavy (non-hydrogen) atoms. The molecule has 3 nitrogen and oxygen atoms in total. The van der Waals surface area contributed by atoms with E-state index in [1.165, 1.54) is 18.4 Å². The van der Waals surface area contributed by atoms with E-state index in [1.807, 2.05) is 18.2 Å². The highest BCUT2D eigenvalue weighted by molar-refractivity contribution is 5.37. The van der Waals surface area contributed by atoms with Crippen molar-refractivity contribution in [3.05, 3.63) is 29.8 Å². The number of fused-ring (bicyclic) bond motifs is 1. The number of ether oxygens (including phenoxy) is 2. The van der Waals surface area contributed by atoms with Crippen molar-refractivity contribution in [1.82, 2.24) is 0 Å². The molecule has 0 amide bonds. The van der Waals surface area contributed by atoms with Gasteiger partial charge in [0.25, 0.3) is 0 Å². The number of hydrogen-bond acceptors (Lipinski definition) is 3. The summed E-state index contributed by atoms with van der Waals surface area (Å²) in [5, 5.41) is 10.2. The van der Waals surface area contributed by atoms with Crippen molar-refractivity contribution in [3.8, 4) is 5.75 Å². The second-order valence-electron chi connectivity index (χ2n) is 5.60. The van der Waals surface area contributed by atoms with E-state index in [4.69, 9.17) is 9.47 Å². The lowest BCUT2D eigenvalue weighted by molar-refractivity contribution is 0.0372. The first-order valence-corrected chi connectivity index (χ1v) is 7.37. The molecule has 1 aromatic rings. The van der Waals surface area contributed by atoms with Crippen LogP contribution in [0, 0.1) is 0 Å². The molecule has 0 saturated carbocycles. The Kier molecular flexibility index (Phi) is 4.04. The summed E-state index contributed by atoms with van der Waals surface area (Å²) in [4.78, 5) is 0. The fourth-order valence-electron chi connectivity index (χ4n) is 3.04. The fraction of sp³-hybridized carbons (Fsp3) is 0.625. The molecule has 0 aromatic heterocycles. The molecule has 1 N–H and O–H groups in total. The van der Waals surface area contributed by atoms with Gasteiger partial charge in [-0.2, -0.15) is 0 Å². The van der Waals surface area contributed by atoms with Crippen molar-refractivity contribution in [1.29, 1.82) is 0 Å². The average Bonchev–Trinajstić information content (AvgIpc) is 3.07. The molecular formula is C16H22O3. The van der Waals surface area contributed by atoms with E-state index in [1.54, 1.807) is 0 Å². The quantitative estimate of drug-likeness (QED) is 0.886. The van der Waals surface area contributed by atoms with Gasteiger partial charge in [-0.3, -0.25) is 0 Å². The Labute approximate surface area is 114 Å². The van der Waals surface area contributed by atoms with Crippen LogP contribution < -0.4 is 4.74 Å². The Hall–Kier alpha value is -1.06. The van der Waals surface area contributed by atoms with E-state index < -0.39 is 0 Å². The first kappa shape index (κ1) is 12.9. The molecule has 0 aliphatic carbocycles. The maximum absolute atomic E-state index is 10.2. The van der Waals surface area contributed by atoms with Gasteiger partial charge >= 0.3 is 0 Å². The van der Waals surface area contributed by atoms with Crippen LogP contribution in [0.1, 0.15) is 37.7 Å². The van der Waals surface area contributed by atoms with Crippen molar-refractivity contribution in [2.24, 2.45) is 0 Å². The third kappa shape index (κ3) is 3.10. The molecule has 1 saturated heterocycles. The molecule has 0 bridgehead atoms. The van der Waals surface area contributed by atoms with E-state index >= 15 is 0 Å². The van der Waals surface area contributed by atoms with Crippen molar-refractivity contribution >= 4 is 0 Å². The van der Waals surface area contributed by atoms with Crippen LogP contribution in [0.25, 0.3) is 0 Å². The van der Waals surface area contributed by atoms with Crippen LogP contribution in [-0.2, 0) is 11.2 Å². The molecule has 0 radical (unpaired) electrons. The number of rotatable bonds is 5. The standard InChI is InChI=1S/C16H22O3/c17-14(8-3-6-13-7-4-10-18-13)16-11-12-5-1-2-9-15(12)19-16/h1-2,5,9,13-14,16-17H,3-4,6-8,10-11H2. The van der Waals surface area contributed by atoms with Gasteiger partial charge in [0.05, 0.1) is 12.2 Å². The zero-order valence-electron chi connectivity index (χ0n) is 11.3. The fourth-order valence-corrected chi connectivity index (χ4v) is 3.04. The largest absolute Gasteiger partial charge is 0.487 e. The maximum atomic E-state index is 10.2. The summed E-state index contributed by atoms with van der Waals surface area (Å²) in [5.74, 6) is 0.936. The van der Waals surface area contributed by atoms with Crippen LogP contribution in [0.4, 0.5) is 0 Å². The Morgan fingerprint density at radius 1 is 1.32 bits per heavy atom. The van der Waals surface area contributed by atoms with Crippen LogP contribution in [0.2, 0.25) is 0 Å². The van der Waals surface area contributed by atoms with E-state index in [0.717, 1.165) is 38.0 Å². The second kappa shape index (κ2) is 5.93. The highest BCUT2D eigenvalue weighted by atomic mass is 16.5. The Bertz CT molecular complexity index is 387. The van der Waals surface area contributed by atoms with Crippen LogP contribution in [-0.4, -0.2) is 30.0 Å². The third-order valence-electron chi connectivity index (χ3n) is 4.15. The van der Waals surface area contributed by atoms with E-state index in [2.05, 4.69) is 6.07 Å². The SMILES string of the molecule is OC(CCCC1CCCO1)C1Cc2ccccc2O1. The van der Waals surface area contributed by atoms with Crippen LogP contribution in [0.15, 0.2) is 24.3 Å². The Balaban J connectivity index is 1.43. The highest BCUT2D eigenvalue weighted by Crippen LogP contribution is 2.30. The molecule has 3 atom stereocenters. The lowest BCUT2D eigenvalue weighted by Gasteiger charge is -2.18. The Morgan fingerprint density at radius 3 is 3.00 bits per heavy atom. The lowest BCUT2D eigenvalue weighted by Crippen LogP contribution is -2.30. The van der Waals surface area contributed by atoms with E-state index in [-0.39, 0.29) is 12.2 Å². The molecule has 3 rings (SSSR count). The van der Waals surface area contributed by atoms with Gasteiger partial charge in [0.15, 0.2) is 0 Å². The first-order chi connectivity index (χ1) is 9.33. The van der Waals surface area contributed by atoms with Gasteiger partial charge in [-0.25, -0.2) is 0 Å². The van der Waals surface area contributed by atoms with Crippen LogP contribution >= 0.6 is 0 Å². The van der Waals surface area contributed by atoms with Gasteiger partial charge in [-0.15, -0.1) is 0 Å². The topological polar surface area (TPSA) is 38.7 Å². The molecule has 2 heterocycles. The van der Waals surface area contributed by atoms with Gasteiger partial charge in [0.2, 0.25) is 0 Å². The van der Waals surface area contributed by atoms with Crippen molar-refractivity contribution < 1.29 is 14.6 Å². The second-order valence-corrected chi connectivity index (χ2v) is 5.60. The van der Waals surface area contributed by atoms with Crippen LogP contribution in [0.5, 0.6) is 5.75 Å². The molecule has 2 aliphatic heterocycles. The smallest absolute Gasteiger partial charge is 0.129 e. The summed E-state index contributed by atoms with van der Waals surface area (Å²) in [6, 6.07) is 8.06. The summed E-state index contributed by atoms with van der Waals surface area (Å²) in [7, 11) is 0. The number of aliphatic hydroxyl groups is 1. The average molecular weight is 262 g/mol. The van der Waals surface area contributed by atoms with E-state index in [9.17, 15) is 5.11 Å². The van der Waals surface area contributed by atoms with Gasteiger partial charge in [-0.05, 0) is 43.7 Å². The molecular weight excluding hydrogens is 240 g/mol. The van der Waals surface area contributed by atoms with Crippen molar-refractivity contribution in [2.45, 2.75) is 56.8 Å². The number of benzene rings is 1. The van der Waals surface area contributed by atoms with Gasteiger partial charge in [0.1, 0.15) is 11.9 Å². The van der Waals surface area contributed by atoms with Crippen molar-refractivity contribution in [3.63, 3.8) is 0 Å². The molecule has 2 aliphatic rings. The molecule has 3 unspecified atom stereocenters. The van der Waals surface area contributed by atoms with Crippen LogP contribution in [0.3, 0.4) is 0 Å². The predicted molar refractivity (Wildman–Crippen MR) is 73.4 cm³/mol. The summed E-state index contributed by atoms with van der Waals surface area (Å²) < 4.78 is 11.4. The zero-order chi connectivity index (χ0) is 13.1. The summed E-state index contributed by atoms with van der Waals surface area (Å²) >= 11 is 0. The van der Waals surface area contributed by atoms with Gasteiger partial charge in [-0.1, -0.05) is 18.2 Å². The minimum Gasteiger partial charge on any atom is -0.487 e. The summed E-state index contributed by atoms with van der Waals surface area (Å²) in [6.07, 6.45) is 6.08. The third-order valence-corrected chi connectivity index (χ3v) is 4.15. The van der Waals surface area contributed by atoms with Crippen molar-refractivity contribution in [2.75, 3.05) is 6.61 Å². The monoisotopic (exact) mass is 262 g/mol. The maximum Gasteiger partial charge on any atom is 0.129 e. The minimum absolute atomic E-state index is 0.0677. The predicted octanol–water partition coefficient (Wildman–Crippen LogP) is 2.70. The number of hydrogen-bond donors (Lipinski definition) is 1. The normalized spacial score (nSPS) is 27.0. The molecule has 0 spiro atoms. The molecule has 3 heteroatoms. The Morgan fingerprint density at radius 2 is 2.21 bits per heavy atom. The number of para-hydroxylation sites is 1. The summed E-state index contributed by atoms with van der Waals surface area (Å²) in [5.41, 5.74) is 1.21. The van der Waals surface area contributed by atoms with Gasteiger partial charge < -0.3 is 14.6 Å². The molecule has 104 valence electrons. The number of aliphatic hydroxyl groups excluding tert-OH is 1. The molecule has 1 aromatic carbocycles. The van der Waals surface area contributed by atoms with E-state index in [0.29, 0.717) is 6.10 Å². The minimum atomic E-state index is -0.367. The summed E-state index contributed by atoms with van der Waals surface area (Å²) in [6.45, 7) is 0.911. The van der Waals surface area contributed by atoms with Gasteiger partial charge in [0, 0.05) is 13.0 Å². The lowest BCUT2D eigenvalue weighted by atomic mass is 10.0. The molecule has 1 fully saturated rings. The first-order valence-electron chi connectivity index (χ1n) is 7.37. The highest BCUT2D eigenvalue weighted by Gasteiger charge is 2.28.